The van der Waals surface area contributed by atoms with Crippen LogP contribution in [0.3, 0.4) is 0 Å². The number of hydrogen-bond acceptors (Lipinski definition) is 2. The zero-order valence-corrected chi connectivity index (χ0v) is 15.0. The van der Waals surface area contributed by atoms with Crippen LogP contribution in [0.4, 0.5) is 0 Å². The lowest BCUT2D eigenvalue weighted by molar-refractivity contribution is -0.207. The fourth-order valence-corrected chi connectivity index (χ4v) is 2.11. The molecule has 0 aliphatic carbocycles. The van der Waals surface area contributed by atoms with E-state index in [1.54, 1.807) is 13.8 Å². The van der Waals surface area contributed by atoms with Crippen molar-refractivity contribution in [3.63, 3.8) is 0 Å². The maximum absolute atomic E-state index is 9.80. The summed E-state index contributed by atoms with van der Waals surface area (Å²) in [6, 6.07) is 0. The molecule has 128 valence electrons. The number of ether oxygens (including phenoxy) is 1. The molecular weight excluding hydrogens is 272 g/mol. The summed E-state index contributed by atoms with van der Waals surface area (Å²) < 4.78 is 5.72. The van der Waals surface area contributed by atoms with Crippen molar-refractivity contribution in [2.45, 2.75) is 90.4 Å². The van der Waals surface area contributed by atoms with Crippen LogP contribution in [0.15, 0.2) is 25.8 Å². The van der Waals surface area contributed by atoms with E-state index in [2.05, 4.69) is 38.5 Å². The molecule has 2 heteroatoms. The molecule has 0 aromatic carbocycles. The predicted octanol–water partition coefficient (Wildman–Crippen LogP) is 5.62. The molecule has 0 aliphatic rings. The fourth-order valence-electron chi connectivity index (χ4n) is 2.11. The average Bonchev–Trinajstić information content (AvgIpc) is 2.47. The van der Waals surface area contributed by atoms with Gasteiger partial charge in [-0.2, -0.15) is 0 Å². The third kappa shape index (κ3) is 19.0. The Morgan fingerprint density at radius 3 is 2.27 bits per heavy atom. The Morgan fingerprint density at radius 1 is 1.09 bits per heavy atom. The third-order valence-electron chi connectivity index (χ3n) is 3.05. The van der Waals surface area contributed by atoms with Crippen molar-refractivity contribution >= 4 is 0 Å². The van der Waals surface area contributed by atoms with Crippen molar-refractivity contribution in [1.29, 1.82) is 0 Å². The number of hydrogen-bond donors (Lipinski definition) is 1. The molecule has 0 amide bonds. The predicted molar refractivity (Wildman–Crippen MR) is 97.6 cm³/mol. The van der Waals surface area contributed by atoms with E-state index in [0.29, 0.717) is 0 Å². The van der Waals surface area contributed by atoms with Gasteiger partial charge in [-0.3, -0.25) is 0 Å². The average molecular weight is 309 g/mol. The SMILES string of the molecule is C=C.C=CCC#CCCC(CCCCCCC)OC(C)(C)O. The molecule has 0 spiro atoms. The topological polar surface area (TPSA) is 29.5 Å². The first-order valence-corrected chi connectivity index (χ1v) is 8.46. The zero-order chi connectivity index (χ0) is 17.3. The van der Waals surface area contributed by atoms with Crippen molar-refractivity contribution in [2.75, 3.05) is 0 Å². The first kappa shape index (κ1) is 23.2. The summed E-state index contributed by atoms with van der Waals surface area (Å²) in [5.41, 5.74) is 0. The first-order valence-electron chi connectivity index (χ1n) is 8.46. The molecule has 0 aliphatic heterocycles. The van der Waals surface area contributed by atoms with Gasteiger partial charge >= 0.3 is 0 Å². The highest BCUT2D eigenvalue weighted by Gasteiger charge is 2.19. The Bertz CT molecular complexity index is 304. The van der Waals surface area contributed by atoms with Crippen molar-refractivity contribution in [3.8, 4) is 11.8 Å². The number of unbranched alkanes of at least 4 members (excludes halogenated alkanes) is 4. The van der Waals surface area contributed by atoms with Gasteiger partial charge in [-0.05, 0) is 26.7 Å². The lowest BCUT2D eigenvalue weighted by Gasteiger charge is -2.26. The third-order valence-corrected chi connectivity index (χ3v) is 3.05. The Kier molecular flexibility index (Phi) is 17.2. The molecule has 0 radical (unpaired) electrons. The van der Waals surface area contributed by atoms with Crippen LogP contribution in [-0.2, 0) is 4.74 Å². The summed E-state index contributed by atoms with van der Waals surface area (Å²) in [4.78, 5) is 0. The molecule has 1 atom stereocenters. The molecule has 1 unspecified atom stereocenters. The maximum Gasteiger partial charge on any atom is 0.160 e. The van der Waals surface area contributed by atoms with Crippen molar-refractivity contribution in [2.24, 2.45) is 0 Å². The highest BCUT2D eigenvalue weighted by molar-refractivity contribution is 5.02. The van der Waals surface area contributed by atoms with E-state index in [1.807, 2.05) is 6.08 Å². The summed E-state index contributed by atoms with van der Waals surface area (Å²) in [6.07, 6.45) is 11.7. The zero-order valence-electron chi connectivity index (χ0n) is 15.0. The molecule has 0 saturated heterocycles. The van der Waals surface area contributed by atoms with Gasteiger partial charge in [0.25, 0.3) is 0 Å². The van der Waals surface area contributed by atoms with Gasteiger partial charge in [-0.15, -0.1) is 25.7 Å². The van der Waals surface area contributed by atoms with Crippen LogP contribution >= 0.6 is 0 Å². The second-order valence-electron chi connectivity index (χ2n) is 5.77. The molecule has 1 N–H and O–H groups in total. The van der Waals surface area contributed by atoms with Crippen LogP contribution in [0.5, 0.6) is 0 Å². The van der Waals surface area contributed by atoms with Crippen molar-refractivity contribution in [3.05, 3.63) is 25.8 Å². The van der Waals surface area contributed by atoms with Crippen molar-refractivity contribution < 1.29 is 9.84 Å². The molecule has 2 nitrogen and oxygen atoms in total. The van der Waals surface area contributed by atoms with Crippen LogP contribution < -0.4 is 0 Å². The van der Waals surface area contributed by atoms with Crippen LogP contribution in [0.25, 0.3) is 0 Å². The molecule has 0 aromatic rings. The highest BCUT2D eigenvalue weighted by Crippen LogP contribution is 2.18. The minimum Gasteiger partial charge on any atom is -0.366 e. The van der Waals surface area contributed by atoms with Crippen LogP contribution in [-0.4, -0.2) is 17.0 Å². The van der Waals surface area contributed by atoms with Gasteiger partial charge in [0.15, 0.2) is 5.79 Å². The van der Waals surface area contributed by atoms with Gasteiger partial charge in [-0.25, -0.2) is 0 Å². The van der Waals surface area contributed by atoms with Gasteiger partial charge in [0, 0.05) is 12.8 Å². The quantitative estimate of drug-likeness (QED) is 0.232. The lowest BCUT2D eigenvalue weighted by Crippen LogP contribution is -2.30. The van der Waals surface area contributed by atoms with Gasteiger partial charge in [0.2, 0.25) is 0 Å². The molecule has 0 aromatic heterocycles. The first-order chi connectivity index (χ1) is 10.5. The summed E-state index contributed by atoms with van der Waals surface area (Å²) in [6.45, 7) is 15.3. The normalized spacial score (nSPS) is 11.6. The smallest absolute Gasteiger partial charge is 0.160 e. The van der Waals surface area contributed by atoms with E-state index >= 15 is 0 Å². The van der Waals surface area contributed by atoms with Gasteiger partial charge in [0.05, 0.1) is 6.10 Å². The fraction of sp³-hybridized carbons (Fsp3) is 0.700. The minimum atomic E-state index is -1.05. The molecule has 0 fully saturated rings. The molecule has 22 heavy (non-hydrogen) atoms. The van der Waals surface area contributed by atoms with Crippen LogP contribution in [0.2, 0.25) is 0 Å². The van der Waals surface area contributed by atoms with E-state index in [0.717, 1.165) is 25.7 Å². The van der Waals surface area contributed by atoms with E-state index in [9.17, 15) is 5.11 Å². The molecule has 0 rings (SSSR count). The molecular formula is C20H36O2. The van der Waals surface area contributed by atoms with E-state index in [-0.39, 0.29) is 6.10 Å². The lowest BCUT2D eigenvalue weighted by atomic mass is 10.0. The Balaban J connectivity index is 0. The highest BCUT2D eigenvalue weighted by atomic mass is 16.6. The number of allylic oxidation sites excluding steroid dienone is 1. The second kappa shape index (κ2) is 16.3. The maximum atomic E-state index is 9.80. The standard InChI is InChI=1S/C18H32O2.C2H4/c1-5-7-9-11-13-15-17(20-18(3,4)19)16-14-12-10-8-6-2;1-2/h5,17,19H,1,6-8,10,12-16H2,2-4H3;1-2H2. The molecule has 0 saturated carbocycles. The monoisotopic (exact) mass is 308 g/mol. The van der Waals surface area contributed by atoms with Gasteiger partial charge in [-0.1, -0.05) is 51.0 Å². The van der Waals surface area contributed by atoms with Crippen LogP contribution in [0, 0.1) is 11.8 Å². The van der Waals surface area contributed by atoms with Gasteiger partial charge in [0.1, 0.15) is 0 Å². The molecule has 0 heterocycles. The Hall–Kier alpha value is -1.04. The van der Waals surface area contributed by atoms with Gasteiger partial charge < -0.3 is 9.84 Å². The largest absolute Gasteiger partial charge is 0.366 e. The van der Waals surface area contributed by atoms with E-state index in [4.69, 9.17) is 4.74 Å². The number of aliphatic hydroxyl groups is 1. The minimum absolute atomic E-state index is 0.106. The Labute approximate surface area is 138 Å². The molecule has 0 bridgehead atoms. The summed E-state index contributed by atoms with van der Waals surface area (Å²) in [5, 5.41) is 9.80. The summed E-state index contributed by atoms with van der Waals surface area (Å²) in [5.74, 6) is 5.13. The summed E-state index contributed by atoms with van der Waals surface area (Å²) >= 11 is 0. The van der Waals surface area contributed by atoms with Crippen molar-refractivity contribution in [1.82, 2.24) is 0 Å². The van der Waals surface area contributed by atoms with E-state index < -0.39 is 5.79 Å². The summed E-state index contributed by atoms with van der Waals surface area (Å²) in [7, 11) is 0. The van der Waals surface area contributed by atoms with Crippen LogP contribution in [0.1, 0.15) is 78.6 Å². The Morgan fingerprint density at radius 2 is 1.73 bits per heavy atom. The van der Waals surface area contributed by atoms with E-state index in [1.165, 1.54) is 32.1 Å². The number of rotatable bonds is 11. The second-order valence-corrected chi connectivity index (χ2v) is 5.77.